The average Bonchev–Trinajstić information content (AvgIpc) is 3.38. The van der Waals surface area contributed by atoms with Crippen LogP contribution < -0.4 is 9.64 Å². The predicted molar refractivity (Wildman–Crippen MR) is 154 cm³/mol. The summed E-state index contributed by atoms with van der Waals surface area (Å²) in [4.78, 5) is 59.4. The summed E-state index contributed by atoms with van der Waals surface area (Å²) < 4.78 is 5.44. The third-order valence-electron chi connectivity index (χ3n) is 10.8. The van der Waals surface area contributed by atoms with E-state index in [4.69, 9.17) is 4.74 Å². The van der Waals surface area contributed by atoms with E-state index in [1.807, 2.05) is 13.0 Å². The summed E-state index contributed by atoms with van der Waals surface area (Å²) in [5.41, 5.74) is 1.07. The Kier molecular flexibility index (Phi) is 6.29. The molecule has 0 bridgehead atoms. The second kappa shape index (κ2) is 9.82. The molecule has 2 saturated heterocycles. The van der Waals surface area contributed by atoms with Crippen molar-refractivity contribution in [1.29, 1.82) is 0 Å². The van der Waals surface area contributed by atoms with Crippen LogP contribution in [0.2, 0.25) is 0 Å². The Balaban J connectivity index is 1.36. The molecule has 8 nitrogen and oxygen atoms in total. The van der Waals surface area contributed by atoms with E-state index in [1.54, 1.807) is 47.4 Å². The number of hydrogen-bond acceptors (Lipinski definition) is 6. The number of allylic oxidation sites excluding steroid dienone is 2. The molecular formula is C34H36N2O6. The van der Waals surface area contributed by atoms with Gasteiger partial charge in [0.1, 0.15) is 0 Å². The number of phenols is 1. The second-order valence-corrected chi connectivity index (χ2v) is 12.8. The molecule has 0 spiro atoms. The molecular weight excluding hydrogens is 532 g/mol. The van der Waals surface area contributed by atoms with Crippen LogP contribution in [0.1, 0.15) is 63.4 Å². The van der Waals surface area contributed by atoms with Crippen molar-refractivity contribution in [1.82, 2.24) is 4.90 Å². The second-order valence-electron chi connectivity index (χ2n) is 12.8. The van der Waals surface area contributed by atoms with Crippen molar-refractivity contribution in [3.63, 3.8) is 0 Å². The molecule has 5 aliphatic rings. The molecule has 2 aromatic rings. The Morgan fingerprint density at radius 3 is 2.36 bits per heavy atom. The maximum Gasteiger partial charge on any atom is 0.241 e. The number of carbonyl (C=O) groups excluding carboxylic acids is 4. The Labute approximate surface area is 245 Å². The van der Waals surface area contributed by atoms with Crippen LogP contribution in [-0.4, -0.2) is 46.8 Å². The van der Waals surface area contributed by atoms with Gasteiger partial charge in [0.05, 0.1) is 36.0 Å². The van der Waals surface area contributed by atoms with Crippen molar-refractivity contribution < 1.29 is 29.0 Å². The first-order chi connectivity index (χ1) is 20.3. The lowest BCUT2D eigenvalue weighted by Gasteiger charge is -2.49. The highest BCUT2D eigenvalue weighted by molar-refractivity contribution is 6.24. The minimum absolute atomic E-state index is 0.0209. The zero-order valence-electron chi connectivity index (χ0n) is 24.0. The molecule has 6 unspecified atom stereocenters. The van der Waals surface area contributed by atoms with Gasteiger partial charge in [-0.25, -0.2) is 4.90 Å². The molecule has 1 N–H and O–H groups in total. The molecule has 4 fully saturated rings. The van der Waals surface area contributed by atoms with Gasteiger partial charge in [0, 0.05) is 12.0 Å². The molecule has 218 valence electrons. The quantitative estimate of drug-likeness (QED) is 0.413. The number of amides is 4. The summed E-state index contributed by atoms with van der Waals surface area (Å²) >= 11 is 0. The lowest BCUT2D eigenvalue weighted by Crippen LogP contribution is -2.49. The van der Waals surface area contributed by atoms with Gasteiger partial charge in [0.25, 0.3) is 0 Å². The number of hydrogen-bond donors (Lipinski definition) is 1. The zero-order chi connectivity index (χ0) is 29.3. The van der Waals surface area contributed by atoms with Crippen LogP contribution in [0, 0.1) is 29.1 Å². The number of phenolic OH excluding ortho intramolecular Hbond substituents is 1. The number of benzene rings is 2. The SMILES string of the molecule is COc1cc(C2C3=CCC4C(=O)N(C5CCCCC5)C(=O)C4C3CC3C(=O)N(c4ccccc4)C(=O)C32C)ccc1O. The van der Waals surface area contributed by atoms with Crippen molar-refractivity contribution in [3.05, 3.63) is 65.7 Å². The molecule has 2 heterocycles. The highest BCUT2D eigenvalue weighted by Gasteiger charge is 2.67. The summed E-state index contributed by atoms with van der Waals surface area (Å²) in [5, 5.41) is 10.4. The molecule has 2 aliphatic heterocycles. The summed E-state index contributed by atoms with van der Waals surface area (Å²) in [6, 6.07) is 14.0. The average molecular weight is 569 g/mol. The number of para-hydroxylation sites is 1. The Morgan fingerprint density at radius 1 is 0.905 bits per heavy atom. The maximum absolute atomic E-state index is 14.4. The molecule has 7 rings (SSSR count). The van der Waals surface area contributed by atoms with Crippen molar-refractivity contribution in [3.8, 4) is 11.5 Å². The minimum atomic E-state index is -1.13. The zero-order valence-corrected chi connectivity index (χ0v) is 24.0. The van der Waals surface area contributed by atoms with Crippen LogP contribution in [0.25, 0.3) is 0 Å². The van der Waals surface area contributed by atoms with Crippen LogP contribution in [0.3, 0.4) is 0 Å². The summed E-state index contributed by atoms with van der Waals surface area (Å²) in [5.74, 6) is -3.03. The largest absolute Gasteiger partial charge is 0.504 e. The number of rotatable bonds is 4. The first-order valence-electron chi connectivity index (χ1n) is 15.1. The van der Waals surface area contributed by atoms with Crippen LogP contribution in [0.5, 0.6) is 11.5 Å². The Bertz CT molecular complexity index is 1510. The van der Waals surface area contributed by atoms with E-state index in [0.29, 0.717) is 18.5 Å². The number of methoxy groups -OCH3 is 1. The number of carbonyl (C=O) groups is 4. The standard InChI is InChI=1S/C34H36N2O6/c1-34-25(31(39)36(33(34)41)21-11-7-4-8-12-21)18-24-22(29(34)19-13-16-26(37)27(17-19)42-2)14-15-23-28(24)32(40)35(30(23)38)20-9-5-3-6-10-20/h4,7-8,11-14,16-17,20,23-25,28-29,37H,3,5-6,9-10,15,18H2,1-2H3. The van der Waals surface area contributed by atoms with Gasteiger partial charge in [-0.1, -0.05) is 55.2 Å². The van der Waals surface area contributed by atoms with E-state index in [-0.39, 0.29) is 47.1 Å². The third-order valence-corrected chi connectivity index (χ3v) is 10.8. The lowest BCUT2D eigenvalue weighted by atomic mass is 9.51. The molecule has 0 aromatic heterocycles. The highest BCUT2D eigenvalue weighted by atomic mass is 16.5. The normalized spacial score (nSPS) is 32.9. The molecule has 6 atom stereocenters. The van der Waals surface area contributed by atoms with Crippen LogP contribution >= 0.6 is 0 Å². The first kappa shape index (κ1) is 26.9. The smallest absolute Gasteiger partial charge is 0.241 e. The summed E-state index contributed by atoms with van der Waals surface area (Å²) in [6.07, 6.45) is 7.68. The van der Waals surface area contributed by atoms with Crippen LogP contribution in [0.4, 0.5) is 5.69 Å². The van der Waals surface area contributed by atoms with Gasteiger partial charge in [0.15, 0.2) is 11.5 Å². The number of anilines is 1. The van der Waals surface area contributed by atoms with Crippen molar-refractivity contribution in [2.45, 2.75) is 63.8 Å². The molecule has 8 heteroatoms. The van der Waals surface area contributed by atoms with Gasteiger partial charge >= 0.3 is 0 Å². The number of fused-ring (bicyclic) bond motifs is 4. The van der Waals surface area contributed by atoms with Crippen LogP contribution in [-0.2, 0) is 19.2 Å². The van der Waals surface area contributed by atoms with E-state index in [2.05, 4.69) is 6.08 Å². The first-order valence-corrected chi connectivity index (χ1v) is 15.1. The predicted octanol–water partition coefficient (Wildman–Crippen LogP) is 4.96. The van der Waals surface area contributed by atoms with E-state index >= 15 is 0 Å². The number of imide groups is 2. The van der Waals surface area contributed by atoms with Gasteiger partial charge in [-0.15, -0.1) is 0 Å². The molecule has 3 aliphatic carbocycles. The number of aromatic hydroxyl groups is 1. The van der Waals surface area contributed by atoms with Crippen molar-refractivity contribution in [2.24, 2.45) is 29.1 Å². The van der Waals surface area contributed by atoms with Gasteiger partial charge in [0.2, 0.25) is 23.6 Å². The molecule has 0 radical (unpaired) electrons. The van der Waals surface area contributed by atoms with Gasteiger partial charge in [-0.2, -0.15) is 0 Å². The fraction of sp³-hybridized carbons (Fsp3) is 0.471. The van der Waals surface area contributed by atoms with Gasteiger partial charge in [-0.3, -0.25) is 24.1 Å². The molecule has 4 amide bonds. The fourth-order valence-corrected chi connectivity index (χ4v) is 8.82. The van der Waals surface area contributed by atoms with Gasteiger partial charge in [-0.05, 0) is 68.4 Å². The maximum atomic E-state index is 14.4. The Morgan fingerprint density at radius 2 is 1.64 bits per heavy atom. The molecule has 2 saturated carbocycles. The van der Waals surface area contributed by atoms with Gasteiger partial charge < -0.3 is 9.84 Å². The van der Waals surface area contributed by atoms with Crippen LogP contribution in [0.15, 0.2) is 60.2 Å². The highest BCUT2D eigenvalue weighted by Crippen LogP contribution is 2.64. The summed E-state index contributed by atoms with van der Waals surface area (Å²) in [7, 11) is 1.47. The third kappa shape index (κ3) is 3.66. The molecule has 2 aromatic carbocycles. The lowest BCUT2D eigenvalue weighted by molar-refractivity contribution is -0.144. The molecule has 42 heavy (non-hydrogen) atoms. The number of likely N-dealkylation sites (tertiary alicyclic amines) is 1. The fourth-order valence-electron chi connectivity index (χ4n) is 8.82. The topological polar surface area (TPSA) is 104 Å². The number of ether oxygens (including phenoxy) is 1. The van der Waals surface area contributed by atoms with E-state index in [1.165, 1.54) is 12.0 Å². The van der Waals surface area contributed by atoms with E-state index < -0.39 is 29.1 Å². The Hall–Kier alpha value is -3.94. The summed E-state index contributed by atoms with van der Waals surface area (Å²) in [6.45, 7) is 1.87. The van der Waals surface area contributed by atoms with Crippen molar-refractivity contribution in [2.75, 3.05) is 12.0 Å². The van der Waals surface area contributed by atoms with E-state index in [9.17, 15) is 24.3 Å². The number of nitrogens with zero attached hydrogens (tertiary/aromatic N) is 2. The monoisotopic (exact) mass is 568 g/mol. The van der Waals surface area contributed by atoms with Crippen molar-refractivity contribution >= 4 is 29.3 Å². The van der Waals surface area contributed by atoms with E-state index in [0.717, 1.165) is 43.2 Å². The minimum Gasteiger partial charge on any atom is -0.504 e.